The van der Waals surface area contributed by atoms with E-state index < -0.39 is 0 Å². The number of fused-ring (bicyclic) bond motifs is 2. The Balaban J connectivity index is 0.000000960. The first-order valence-corrected chi connectivity index (χ1v) is 6.49. The monoisotopic (exact) mass is 349 g/mol. The van der Waals surface area contributed by atoms with Crippen LogP contribution in [0.3, 0.4) is 0 Å². The Morgan fingerprint density at radius 1 is 1.04 bits per heavy atom. The molecule has 0 aliphatic rings. The standard InChI is InChI=1S/C16H11N3O2.2ClH/c20-18-13-9-16(21-15-6-2-1-5-12(13)15)14-8-11-4-3-7-19(11)10-17-14;;/h1-10,20H;2*1H. The maximum Gasteiger partial charge on any atom is 0.155 e. The van der Waals surface area contributed by atoms with Crippen LogP contribution in [0.15, 0.2) is 70.6 Å². The first-order valence-electron chi connectivity index (χ1n) is 6.49. The van der Waals surface area contributed by atoms with Crippen molar-refractivity contribution in [3.05, 3.63) is 66.4 Å². The van der Waals surface area contributed by atoms with E-state index in [1.807, 2.05) is 53.1 Å². The third kappa shape index (κ3) is 2.88. The average molecular weight is 350 g/mol. The molecule has 0 amide bonds. The molecular formula is C16H13Cl2N3O2. The average Bonchev–Trinajstić information content (AvgIpc) is 3.01. The van der Waals surface area contributed by atoms with E-state index in [1.165, 1.54) is 0 Å². The molecule has 0 bridgehead atoms. The van der Waals surface area contributed by atoms with Gasteiger partial charge in [0.1, 0.15) is 16.6 Å². The number of halogens is 2. The van der Waals surface area contributed by atoms with Crippen molar-refractivity contribution >= 4 is 41.3 Å². The Morgan fingerprint density at radius 2 is 1.87 bits per heavy atom. The summed E-state index contributed by atoms with van der Waals surface area (Å²) >= 11 is 0. The normalized spacial score (nSPS) is 11.2. The van der Waals surface area contributed by atoms with E-state index >= 15 is 0 Å². The highest BCUT2D eigenvalue weighted by Crippen LogP contribution is 2.21. The summed E-state index contributed by atoms with van der Waals surface area (Å²) < 4.78 is 7.79. The molecule has 23 heavy (non-hydrogen) atoms. The second-order valence-corrected chi connectivity index (χ2v) is 4.71. The molecule has 0 atom stereocenters. The highest BCUT2D eigenvalue weighted by molar-refractivity contribution is 5.85. The Bertz CT molecular complexity index is 1020. The lowest BCUT2D eigenvalue weighted by Gasteiger charge is -2.04. The molecular weight excluding hydrogens is 337 g/mol. The minimum Gasteiger partial charge on any atom is -0.454 e. The molecule has 0 spiro atoms. The highest BCUT2D eigenvalue weighted by atomic mass is 35.5. The van der Waals surface area contributed by atoms with Gasteiger partial charge in [0.05, 0.1) is 6.33 Å². The SMILES string of the molecule is Cl.Cl.ON=c1cc(-c2cc3cccn3cn2)oc2ccccc12. The van der Waals surface area contributed by atoms with Gasteiger partial charge in [-0.2, -0.15) is 0 Å². The zero-order chi connectivity index (χ0) is 14.2. The lowest BCUT2D eigenvalue weighted by molar-refractivity contribution is 0.302. The predicted molar refractivity (Wildman–Crippen MR) is 92.2 cm³/mol. The molecule has 4 aromatic rings. The summed E-state index contributed by atoms with van der Waals surface area (Å²) in [5, 5.41) is 13.8. The van der Waals surface area contributed by atoms with Crippen molar-refractivity contribution in [1.29, 1.82) is 0 Å². The Morgan fingerprint density at radius 3 is 2.70 bits per heavy atom. The summed E-state index contributed by atoms with van der Waals surface area (Å²) in [4.78, 5) is 4.38. The van der Waals surface area contributed by atoms with Crippen molar-refractivity contribution in [2.75, 3.05) is 0 Å². The molecule has 1 N–H and O–H groups in total. The van der Waals surface area contributed by atoms with Gasteiger partial charge in [0.25, 0.3) is 0 Å². The van der Waals surface area contributed by atoms with E-state index in [0.717, 1.165) is 10.9 Å². The molecule has 7 heteroatoms. The van der Waals surface area contributed by atoms with Crippen LogP contribution < -0.4 is 5.36 Å². The molecule has 0 fully saturated rings. The molecule has 0 saturated heterocycles. The molecule has 0 aliphatic carbocycles. The molecule has 0 aliphatic heterocycles. The van der Waals surface area contributed by atoms with Gasteiger partial charge in [0.15, 0.2) is 5.76 Å². The number of para-hydroxylation sites is 1. The number of nitrogens with zero attached hydrogens (tertiary/aromatic N) is 3. The Kier molecular flexibility index (Phi) is 4.93. The second kappa shape index (κ2) is 6.73. The summed E-state index contributed by atoms with van der Waals surface area (Å²) in [5.41, 5.74) is 2.36. The van der Waals surface area contributed by atoms with Crippen LogP contribution in [0.1, 0.15) is 0 Å². The van der Waals surface area contributed by atoms with Gasteiger partial charge in [-0.15, -0.1) is 24.8 Å². The van der Waals surface area contributed by atoms with Crippen LogP contribution in [0.5, 0.6) is 0 Å². The van der Waals surface area contributed by atoms with Crippen LogP contribution in [-0.2, 0) is 0 Å². The molecule has 3 heterocycles. The number of aromatic nitrogens is 2. The minimum atomic E-state index is 0. The van der Waals surface area contributed by atoms with Crippen LogP contribution in [0.4, 0.5) is 0 Å². The second-order valence-electron chi connectivity index (χ2n) is 4.71. The van der Waals surface area contributed by atoms with Gasteiger partial charge in [0, 0.05) is 23.2 Å². The maximum atomic E-state index is 9.20. The van der Waals surface area contributed by atoms with Gasteiger partial charge in [-0.25, -0.2) is 4.98 Å². The van der Waals surface area contributed by atoms with Gasteiger partial charge >= 0.3 is 0 Å². The summed E-state index contributed by atoms with van der Waals surface area (Å²) in [6, 6.07) is 15.0. The molecule has 1 aromatic carbocycles. The van der Waals surface area contributed by atoms with Crippen LogP contribution in [0.2, 0.25) is 0 Å². The van der Waals surface area contributed by atoms with Crippen molar-refractivity contribution < 1.29 is 9.62 Å². The molecule has 118 valence electrons. The van der Waals surface area contributed by atoms with Gasteiger partial charge in [-0.1, -0.05) is 17.3 Å². The lowest BCUT2D eigenvalue weighted by Crippen LogP contribution is -2.03. The van der Waals surface area contributed by atoms with Gasteiger partial charge < -0.3 is 14.0 Å². The summed E-state index contributed by atoms with van der Waals surface area (Å²) in [5.74, 6) is 0.560. The van der Waals surface area contributed by atoms with Crippen LogP contribution in [0.25, 0.3) is 27.9 Å². The Hall–Kier alpha value is -2.50. The summed E-state index contributed by atoms with van der Waals surface area (Å²) in [7, 11) is 0. The van der Waals surface area contributed by atoms with Crippen molar-refractivity contribution in [2.45, 2.75) is 0 Å². The fraction of sp³-hybridized carbons (Fsp3) is 0. The fourth-order valence-electron chi connectivity index (χ4n) is 2.40. The minimum absolute atomic E-state index is 0. The molecule has 0 saturated carbocycles. The fourth-order valence-corrected chi connectivity index (χ4v) is 2.40. The first-order chi connectivity index (χ1) is 10.3. The third-order valence-corrected chi connectivity index (χ3v) is 3.43. The third-order valence-electron chi connectivity index (χ3n) is 3.43. The topological polar surface area (TPSA) is 63.0 Å². The van der Waals surface area contributed by atoms with Crippen LogP contribution in [-0.4, -0.2) is 14.6 Å². The first kappa shape index (κ1) is 16.9. The van der Waals surface area contributed by atoms with E-state index in [1.54, 1.807) is 12.4 Å². The van der Waals surface area contributed by atoms with Crippen molar-refractivity contribution in [3.63, 3.8) is 0 Å². The van der Waals surface area contributed by atoms with E-state index in [0.29, 0.717) is 22.4 Å². The van der Waals surface area contributed by atoms with Crippen molar-refractivity contribution in [1.82, 2.24) is 9.38 Å². The largest absolute Gasteiger partial charge is 0.454 e. The van der Waals surface area contributed by atoms with Gasteiger partial charge in [0.2, 0.25) is 0 Å². The number of rotatable bonds is 1. The van der Waals surface area contributed by atoms with Gasteiger partial charge in [-0.05, 0) is 30.3 Å². The lowest BCUT2D eigenvalue weighted by atomic mass is 10.2. The zero-order valence-electron chi connectivity index (χ0n) is 11.8. The molecule has 5 nitrogen and oxygen atoms in total. The number of hydrogen-bond acceptors (Lipinski definition) is 4. The zero-order valence-corrected chi connectivity index (χ0v) is 13.4. The van der Waals surface area contributed by atoms with Crippen molar-refractivity contribution in [2.24, 2.45) is 5.16 Å². The van der Waals surface area contributed by atoms with E-state index in [2.05, 4.69) is 10.1 Å². The van der Waals surface area contributed by atoms with E-state index in [9.17, 15) is 5.21 Å². The summed E-state index contributed by atoms with van der Waals surface area (Å²) in [6.07, 6.45) is 3.66. The van der Waals surface area contributed by atoms with Crippen molar-refractivity contribution in [3.8, 4) is 11.5 Å². The molecule has 0 unspecified atom stereocenters. The molecule has 0 radical (unpaired) electrons. The quantitative estimate of drug-likeness (QED) is 0.419. The number of benzene rings is 1. The molecule has 3 aromatic heterocycles. The smallest absolute Gasteiger partial charge is 0.155 e. The van der Waals surface area contributed by atoms with E-state index in [-0.39, 0.29) is 24.8 Å². The van der Waals surface area contributed by atoms with Gasteiger partial charge in [-0.3, -0.25) is 0 Å². The number of hydrogen-bond donors (Lipinski definition) is 1. The van der Waals surface area contributed by atoms with Crippen LogP contribution in [0, 0.1) is 0 Å². The predicted octanol–water partition coefficient (Wildman–Crippen LogP) is 3.88. The van der Waals surface area contributed by atoms with E-state index in [4.69, 9.17) is 4.42 Å². The molecule has 4 rings (SSSR count). The maximum absolute atomic E-state index is 9.20. The Labute approximate surface area is 143 Å². The summed E-state index contributed by atoms with van der Waals surface area (Å²) in [6.45, 7) is 0. The highest BCUT2D eigenvalue weighted by Gasteiger charge is 2.07. The van der Waals surface area contributed by atoms with Crippen LogP contribution >= 0.6 is 24.8 Å².